The van der Waals surface area contributed by atoms with Gasteiger partial charge in [0.25, 0.3) is 5.56 Å². The molecule has 0 aliphatic carbocycles. The summed E-state index contributed by atoms with van der Waals surface area (Å²) in [6.45, 7) is 5.93. The van der Waals surface area contributed by atoms with Crippen molar-refractivity contribution in [2.24, 2.45) is 0 Å². The number of benzene rings is 3. The van der Waals surface area contributed by atoms with Crippen molar-refractivity contribution < 1.29 is 4.74 Å². The van der Waals surface area contributed by atoms with Gasteiger partial charge in [0.05, 0.1) is 26.9 Å². The van der Waals surface area contributed by atoms with E-state index in [1.165, 1.54) is 12.1 Å². The second kappa shape index (κ2) is 10.2. The minimum atomic E-state index is -0.887. The van der Waals surface area contributed by atoms with E-state index in [1.807, 2.05) is 56.1 Å². The van der Waals surface area contributed by atoms with Gasteiger partial charge in [-0.1, -0.05) is 34.8 Å². The molecule has 0 fully saturated rings. The molecule has 5 rings (SSSR count). The number of nitrogens with zero attached hydrogens (tertiary/aromatic N) is 4. The number of ether oxygens (including phenoxy) is 1. The normalized spacial score (nSPS) is 11.0. The largest absolute Gasteiger partial charge is 0.454 e. The number of aryl methyl sites for hydroxylation is 3. The molecule has 1 N–H and O–H groups in total. The SMILES string of the molecule is Cc1cc(-c2cc(C)c3cc(Oc4c(Cl)cc(-n5nc(C#N)c(=O)[nH]c5=O)cc4Cl)ccc3n2)cc(C)c1Cl. The van der Waals surface area contributed by atoms with Gasteiger partial charge in [-0.05, 0) is 86.0 Å². The van der Waals surface area contributed by atoms with Crippen molar-refractivity contribution in [2.45, 2.75) is 20.8 Å². The molecule has 0 spiro atoms. The van der Waals surface area contributed by atoms with E-state index in [0.717, 1.165) is 48.6 Å². The lowest BCUT2D eigenvalue weighted by Crippen LogP contribution is -2.33. The van der Waals surface area contributed by atoms with Crippen LogP contribution in [0.2, 0.25) is 15.1 Å². The van der Waals surface area contributed by atoms with E-state index in [0.29, 0.717) is 5.75 Å². The Balaban J connectivity index is 1.50. The number of aromatic nitrogens is 4. The fourth-order valence-corrected chi connectivity index (χ4v) is 4.87. The van der Waals surface area contributed by atoms with Gasteiger partial charge in [-0.3, -0.25) is 9.78 Å². The number of nitriles is 1. The Morgan fingerprint density at radius 2 is 1.59 bits per heavy atom. The summed E-state index contributed by atoms with van der Waals surface area (Å²) in [7, 11) is 0. The third kappa shape index (κ3) is 5.00. The summed E-state index contributed by atoms with van der Waals surface area (Å²) in [6.07, 6.45) is 0. The molecule has 0 atom stereocenters. The van der Waals surface area contributed by atoms with Gasteiger partial charge >= 0.3 is 5.69 Å². The van der Waals surface area contributed by atoms with Gasteiger partial charge in [-0.25, -0.2) is 9.78 Å². The van der Waals surface area contributed by atoms with E-state index in [-0.39, 0.29) is 21.5 Å². The maximum atomic E-state index is 12.2. The van der Waals surface area contributed by atoms with Crippen molar-refractivity contribution in [1.82, 2.24) is 19.7 Å². The molecule has 8 nitrogen and oxygen atoms in total. The molecule has 39 heavy (non-hydrogen) atoms. The van der Waals surface area contributed by atoms with Crippen LogP contribution in [0.4, 0.5) is 0 Å². The van der Waals surface area contributed by atoms with Gasteiger partial charge in [0.15, 0.2) is 5.75 Å². The first-order valence-electron chi connectivity index (χ1n) is 11.5. The molecule has 0 bridgehead atoms. The molecular weight excluding hydrogens is 561 g/mol. The van der Waals surface area contributed by atoms with Crippen molar-refractivity contribution in [1.29, 1.82) is 5.26 Å². The average Bonchev–Trinajstić information content (AvgIpc) is 2.89. The monoisotopic (exact) mass is 577 g/mol. The van der Waals surface area contributed by atoms with Crippen LogP contribution in [0.15, 0.2) is 58.1 Å². The number of rotatable bonds is 4. The van der Waals surface area contributed by atoms with Crippen LogP contribution in [0.5, 0.6) is 11.5 Å². The average molecular weight is 579 g/mol. The molecule has 0 saturated heterocycles. The van der Waals surface area contributed by atoms with Gasteiger partial charge in [0, 0.05) is 16.0 Å². The van der Waals surface area contributed by atoms with E-state index < -0.39 is 16.9 Å². The van der Waals surface area contributed by atoms with E-state index in [1.54, 1.807) is 12.1 Å². The summed E-state index contributed by atoms with van der Waals surface area (Å²) in [4.78, 5) is 30.8. The number of nitrogens with one attached hydrogen (secondary N) is 1. The van der Waals surface area contributed by atoms with Crippen LogP contribution in [0.25, 0.3) is 27.8 Å². The molecule has 2 heterocycles. The Labute approximate surface area is 237 Å². The quantitative estimate of drug-likeness (QED) is 0.254. The molecule has 0 aliphatic heterocycles. The Hall–Kier alpha value is -4.16. The first-order chi connectivity index (χ1) is 18.5. The minimum Gasteiger partial charge on any atom is -0.454 e. The molecule has 11 heteroatoms. The van der Waals surface area contributed by atoms with Gasteiger partial charge in [0.1, 0.15) is 11.8 Å². The fourth-order valence-electron chi connectivity index (χ4n) is 4.21. The summed E-state index contributed by atoms with van der Waals surface area (Å²) in [5.41, 5.74) is 3.51. The Morgan fingerprint density at radius 3 is 2.23 bits per heavy atom. The van der Waals surface area contributed by atoms with Gasteiger partial charge in [0.2, 0.25) is 5.69 Å². The zero-order valence-electron chi connectivity index (χ0n) is 20.8. The molecule has 2 aromatic heterocycles. The van der Waals surface area contributed by atoms with Crippen molar-refractivity contribution >= 4 is 45.7 Å². The van der Waals surface area contributed by atoms with E-state index in [2.05, 4.69) is 5.10 Å². The van der Waals surface area contributed by atoms with Crippen LogP contribution in [0.1, 0.15) is 22.4 Å². The van der Waals surface area contributed by atoms with Gasteiger partial charge in [-0.15, -0.1) is 5.10 Å². The van der Waals surface area contributed by atoms with Crippen molar-refractivity contribution in [3.63, 3.8) is 0 Å². The van der Waals surface area contributed by atoms with Crippen LogP contribution in [0.3, 0.4) is 0 Å². The number of pyridine rings is 1. The zero-order chi connectivity index (χ0) is 28.0. The van der Waals surface area contributed by atoms with E-state index in [9.17, 15) is 9.59 Å². The molecule has 0 amide bonds. The molecule has 0 aliphatic rings. The van der Waals surface area contributed by atoms with Gasteiger partial charge in [-0.2, -0.15) is 9.94 Å². The first kappa shape index (κ1) is 26.4. The summed E-state index contributed by atoms with van der Waals surface area (Å²) in [6, 6.07) is 15.9. The van der Waals surface area contributed by atoms with E-state index >= 15 is 0 Å². The highest BCUT2D eigenvalue weighted by atomic mass is 35.5. The molecule has 3 aromatic carbocycles. The van der Waals surface area contributed by atoms with Crippen LogP contribution < -0.4 is 16.0 Å². The lowest BCUT2D eigenvalue weighted by Gasteiger charge is -2.14. The molecule has 5 aromatic rings. The highest BCUT2D eigenvalue weighted by Crippen LogP contribution is 2.39. The predicted octanol–water partition coefficient (Wildman–Crippen LogP) is 6.69. The highest BCUT2D eigenvalue weighted by Gasteiger charge is 2.16. The third-order valence-electron chi connectivity index (χ3n) is 6.10. The van der Waals surface area contributed by atoms with Crippen LogP contribution >= 0.6 is 34.8 Å². The summed E-state index contributed by atoms with van der Waals surface area (Å²) in [5, 5.41) is 14.7. The zero-order valence-corrected chi connectivity index (χ0v) is 23.0. The molecule has 0 radical (unpaired) electrons. The minimum absolute atomic E-state index is 0.0923. The number of hydrogen-bond acceptors (Lipinski definition) is 6. The van der Waals surface area contributed by atoms with Crippen LogP contribution in [0, 0.1) is 32.1 Å². The molecular formula is C28H18Cl3N5O3. The number of H-pyrrole nitrogens is 1. The first-order valence-corrected chi connectivity index (χ1v) is 12.7. The van der Waals surface area contributed by atoms with Crippen LogP contribution in [-0.2, 0) is 0 Å². The number of hydrogen-bond donors (Lipinski definition) is 1. The maximum absolute atomic E-state index is 12.2. The lowest BCUT2D eigenvalue weighted by molar-refractivity contribution is 0.483. The Bertz CT molecular complexity index is 1930. The summed E-state index contributed by atoms with van der Waals surface area (Å²) < 4.78 is 6.85. The van der Waals surface area contributed by atoms with Gasteiger partial charge < -0.3 is 4.74 Å². The topological polar surface area (TPSA) is 114 Å². The Kier molecular flexibility index (Phi) is 6.91. The lowest BCUT2D eigenvalue weighted by atomic mass is 10.0. The molecule has 0 saturated carbocycles. The molecule has 194 valence electrons. The number of fused-ring (bicyclic) bond motifs is 1. The van der Waals surface area contributed by atoms with Crippen LogP contribution in [-0.4, -0.2) is 19.7 Å². The van der Waals surface area contributed by atoms with Crippen molar-refractivity contribution in [3.05, 3.63) is 107 Å². The maximum Gasteiger partial charge on any atom is 0.349 e. The standard InChI is InChI=1S/C28H18Cl3N5O3/c1-13-8-23(16-6-14(2)25(31)15(3)7-16)33-22-5-4-18(11-19(13)22)39-26-20(29)9-17(10-21(26)30)36-28(38)34-27(37)24(12-32)35-36/h4-11H,1-3H3,(H,34,37,38). The number of halogens is 3. The Morgan fingerprint density at radius 1 is 0.923 bits per heavy atom. The third-order valence-corrected chi connectivity index (χ3v) is 7.26. The summed E-state index contributed by atoms with van der Waals surface area (Å²) >= 11 is 19.2. The second-order valence-electron chi connectivity index (χ2n) is 8.90. The fraction of sp³-hybridized carbons (Fsp3) is 0.107. The smallest absolute Gasteiger partial charge is 0.349 e. The highest BCUT2D eigenvalue weighted by molar-refractivity contribution is 6.37. The van der Waals surface area contributed by atoms with Crippen molar-refractivity contribution in [3.8, 4) is 34.5 Å². The molecule has 0 unspecified atom stereocenters. The number of aromatic amines is 1. The van der Waals surface area contributed by atoms with Crippen molar-refractivity contribution in [2.75, 3.05) is 0 Å². The predicted molar refractivity (Wildman–Crippen MR) is 152 cm³/mol. The van der Waals surface area contributed by atoms with E-state index in [4.69, 9.17) is 49.8 Å². The second-order valence-corrected chi connectivity index (χ2v) is 10.1. The summed E-state index contributed by atoms with van der Waals surface area (Å²) in [5.74, 6) is 0.634.